The van der Waals surface area contributed by atoms with E-state index in [9.17, 15) is 9.18 Å². The molecule has 7 heteroatoms. The van der Waals surface area contributed by atoms with Crippen molar-refractivity contribution in [2.24, 2.45) is 4.99 Å². The summed E-state index contributed by atoms with van der Waals surface area (Å²) in [6.45, 7) is 3.77. The molecule has 0 atom stereocenters. The van der Waals surface area contributed by atoms with E-state index in [1.54, 1.807) is 19.2 Å². The quantitative estimate of drug-likeness (QED) is 0.358. The Morgan fingerprint density at radius 2 is 1.82 bits per heavy atom. The van der Waals surface area contributed by atoms with Crippen LogP contribution in [0.15, 0.2) is 29.3 Å². The summed E-state index contributed by atoms with van der Waals surface area (Å²) in [6, 6.07) is 6.28. The van der Waals surface area contributed by atoms with Crippen LogP contribution in [0.3, 0.4) is 0 Å². The number of nitrogens with zero attached hydrogens (tertiary/aromatic N) is 1. The number of hydrogen-bond acceptors (Lipinski definition) is 2. The predicted octanol–water partition coefficient (Wildman–Crippen LogP) is 2.03. The van der Waals surface area contributed by atoms with Crippen molar-refractivity contribution in [3.8, 4) is 0 Å². The SMILES string of the molecule is CCCNC(=O)CCNC(=NC)NCc1ccc(F)cc1.I. The van der Waals surface area contributed by atoms with Gasteiger partial charge < -0.3 is 16.0 Å². The van der Waals surface area contributed by atoms with Gasteiger partial charge in [-0.25, -0.2) is 4.39 Å². The van der Waals surface area contributed by atoms with Gasteiger partial charge in [-0.05, 0) is 24.1 Å². The van der Waals surface area contributed by atoms with Gasteiger partial charge in [0.25, 0.3) is 0 Å². The fourth-order valence-electron chi connectivity index (χ4n) is 1.66. The number of aliphatic imine (C=N–C) groups is 1. The van der Waals surface area contributed by atoms with Gasteiger partial charge in [-0.15, -0.1) is 24.0 Å². The molecule has 5 nitrogen and oxygen atoms in total. The molecule has 0 bridgehead atoms. The van der Waals surface area contributed by atoms with E-state index in [0.29, 0.717) is 32.0 Å². The van der Waals surface area contributed by atoms with Crippen molar-refractivity contribution in [1.82, 2.24) is 16.0 Å². The number of carbonyl (C=O) groups is 1. The highest BCUT2D eigenvalue weighted by Gasteiger charge is 2.02. The van der Waals surface area contributed by atoms with Crippen molar-refractivity contribution >= 4 is 35.8 Å². The van der Waals surface area contributed by atoms with E-state index in [1.807, 2.05) is 6.92 Å². The van der Waals surface area contributed by atoms with E-state index in [-0.39, 0.29) is 35.7 Å². The van der Waals surface area contributed by atoms with Gasteiger partial charge in [0.05, 0.1) is 0 Å². The summed E-state index contributed by atoms with van der Waals surface area (Å²) in [6.07, 6.45) is 1.33. The van der Waals surface area contributed by atoms with Crippen molar-refractivity contribution in [3.63, 3.8) is 0 Å². The van der Waals surface area contributed by atoms with Gasteiger partial charge in [0.2, 0.25) is 5.91 Å². The highest BCUT2D eigenvalue weighted by atomic mass is 127. The topological polar surface area (TPSA) is 65.5 Å². The first kappa shape index (κ1) is 20.6. The van der Waals surface area contributed by atoms with Crippen LogP contribution in [0, 0.1) is 5.82 Å². The summed E-state index contributed by atoms with van der Waals surface area (Å²) in [7, 11) is 1.66. The molecule has 0 aliphatic heterocycles. The van der Waals surface area contributed by atoms with Crippen LogP contribution in [0.25, 0.3) is 0 Å². The molecule has 0 fully saturated rings. The van der Waals surface area contributed by atoms with Crippen molar-refractivity contribution in [1.29, 1.82) is 0 Å². The second kappa shape index (κ2) is 12.2. The van der Waals surface area contributed by atoms with Gasteiger partial charge in [-0.2, -0.15) is 0 Å². The number of hydrogen-bond donors (Lipinski definition) is 3. The maximum absolute atomic E-state index is 12.8. The normalized spacial score (nSPS) is 10.6. The lowest BCUT2D eigenvalue weighted by atomic mass is 10.2. The lowest BCUT2D eigenvalue weighted by Gasteiger charge is -2.12. The third-order valence-corrected chi connectivity index (χ3v) is 2.81. The average Bonchev–Trinajstić information content (AvgIpc) is 2.50. The van der Waals surface area contributed by atoms with Gasteiger partial charge in [0, 0.05) is 33.1 Å². The Hall–Kier alpha value is -1.38. The first-order chi connectivity index (χ1) is 10.2. The lowest BCUT2D eigenvalue weighted by molar-refractivity contribution is -0.120. The summed E-state index contributed by atoms with van der Waals surface area (Å²) in [5.74, 6) is 0.389. The third kappa shape index (κ3) is 8.81. The van der Waals surface area contributed by atoms with Crippen LogP contribution < -0.4 is 16.0 Å². The van der Waals surface area contributed by atoms with E-state index < -0.39 is 0 Å². The number of amides is 1. The van der Waals surface area contributed by atoms with Gasteiger partial charge in [0.15, 0.2) is 5.96 Å². The smallest absolute Gasteiger partial charge is 0.221 e. The molecule has 0 aliphatic carbocycles. The molecule has 1 aromatic rings. The Balaban J connectivity index is 0.00000441. The molecule has 22 heavy (non-hydrogen) atoms. The molecule has 0 radical (unpaired) electrons. The van der Waals surface area contributed by atoms with Crippen molar-refractivity contribution < 1.29 is 9.18 Å². The third-order valence-electron chi connectivity index (χ3n) is 2.81. The van der Waals surface area contributed by atoms with Gasteiger partial charge >= 0.3 is 0 Å². The summed E-state index contributed by atoms with van der Waals surface area (Å²) < 4.78 is 12.8. The molecule has 0 aliphatic rings. The second-order valence-electron chi connectivity index (χ2n) is 4.58. The van der Waals surface area contributed by atoms with Crippen molar-refractivity contribution in [2.75, 3.05) is 20.1 Å². The average molecular weight is 422 g/mol. The van der Waals surface area contributed by atoms with E-state index in [0.717, 1.165) is 12.0 Å². The van der Waals surface area contributed by atoms with Crippen LogP contribution in [-0.4, -0.2) is 32.0 Å². The zero-order valence-electron chi connectivity index (χ0n) is 13.0. The monoisotopic (exact) mass is 422 g/mol. The first-order valence-electron chi connectivity index (χ1n) is 7.11. The lowest BCUT2D eigenvalue weighted by Crippen LogP contribution is -2.39. The molecule has 0 unspecified atom stereocenters. The van der Waals surface area contributed by atoms with Crippen molar-refractivity contribution in [3.05, 3.63) is 35.6 Å². The van der Waals surface area contributed by atoms with Crippen LogP contribution in [0.1, 0.15) is 25.3 Å². The van der Waals surface area contributed by atoms with E-state index in [4.69, 9.17) is 0 Å². The zero-order chi connectivity index (χ0) is 15.5. The van der Waals surface area contributed by atoms with Gasteiger partial charge in [-0.3, -0.25) is 9.79 Å². The molecule has 0 spiro atoms. The molecule has 0 aromatic heterocycles. The Labute approximate surface area is 148 Å². The fourth-order valence-corrected chi connectivity index (χ4v) is 1.66. The Morgan fingerprint density at radius 1 is 1.14 bits per heavy atom. The summed E-state index contributed by atoms with van der Waals surface area (Å²) >= 11 is 0. The highest BCUT2D eigenvalue weighted by Crippen LogP contribution is 2.01. The largest absolute Gasteiger partial charge is 0.356 e. The van der Waals surface area contributed by atoms with Crippen molar-refractivity contribution in [2.45, 2.75) is 26.3 Å². The minimum atomic E-state index is -0.251. The van der Waals surface area contributed by atoms with Crippen LogP contribution in [-0.2, 0) is 11.3 Å². The molecule has 1 amide bonds. The highest BCUT2D eigenvalue weighted by molar-refractivity contribution is 14.0. The Kier molecular flexibility index (Phi) is 11.4. The molecule has 3 N–H and O–H groups in total. The summed E-state index contributed by atoms with van der Waals surface area (Å²) in [5, 5.41) is 8.98. The van der Waals surface area contributed by atoms with E-state index in [1.165, 1.54) is 12.1 Å². The Morgan fingerprint density at radius 3 is 2.41 bits per heavy atom. The van der Waals surface area contributed by atoms with Crippen LogP contribution in [0.5, 0.6) is 0 Å². The Bertz CT molecular complexity index is 465. The summed E-state index contributed by atoms with van der Waals surface area (Å²) in [5.41, 5.74) is 0.958. The van der Waals surface area contributed by atoms with Gasteiger partial charge in [-0.1, -0.05) is 19.1 Å². The molecular weight excluding hydrogens is 398 g/mol. The van der Waals surface area contributed by atoms with E-state index in [2.05, 4.69) is 20.9 Å². The number of halogens is 2. The number of benzene rings is 1. The molecule has 0 heterocycles. The number of guanidine groups is 1. The molecule has 0 saturated carbocycles. The minimum absolute atomic E-state index is 0. The van der Waals surface area contributed by atoms with Crippen LogP contribution >= 0.6 is 24.0 Å². The second-order valence-corrected chi connectivity index (χ2v) is 4.58. The predicted molar refractivity (Wildman–Crippen MR) is 97.9 cm³/mol. The van der Waals surface area contributed by atoms with E-state index >= 15 is 0 Å². The number of nitrogens with one attached hydrogen (secondary N) is 3. The molecular formula is C15H24FIN4O. The molecule has 1 rings (SSSR count). The molecule has 1 aromatic carbocycles. The maximum atomic E-state index is 12.8. The molecule has 0 saturated heterocycles. The number of carbonyl (C=O) groups excluding carboxylic acids is 1. The molecule has 124 valence electrons. The zero-order valence-corrected chi connectivity index (χ0v) is 15.3. The summed E-state index contributed by atoms with van der Waals surface area (Å²) in [4.78, 5) is 15.5. The minimum Gasteiger partial charge on any atom is -0.356 e. The maximum Gasteiger partial charge on any atom is 0.221 e. The first-order valence-corrected chi connectivity index (χ1v) is 7.11. The van der Waals surface area contributed by atoms with Crippen LogP contribution in [0.4, 0.5) is 4.39 Å². The standard InChI is InChI=1S/C15H23FN4O.HI/c1-3-9-18-14(21)8-10-19-15(17-2)20-11-12-4-6-13(16)7-5-12;/h4-7H,3,8-11H2,1-2H3,(H,18,21)(H2,17,19,20);1H. The number of rotatable bonds is 7. The van der Waals surface area contributed by atoms with Gasteiger partial charge in [0.1, 0.15) is 5.82 Å². The fraction of sp³-hybridized carbons (Fsp3) is 0.467. The van der Waals surface area contributed by atoms with Crippen LogP contribution in [0.2, 0.25) is 0 Å².